The maximum absolute atomic E-state index is 13.2. The number of carbonyl (C=O) groups excluding carboxylic acids is 1. The van der Waals surface area contributed by atoms with E-state index in [0.717, 1.165) is 11.1 Å². The summed E-state index contributed by atoms with van der Waals surface area (Å²) in [4.78, 5) is 16.9. The van der Waals surface area contributed by atoms with E-state index in [4.69, 9.17) is 10.5 Å². The number of aryl methyl sites for hydroxylation is 1. The van der Waals surface area contributed by atoms with Crippen molar-refractivity contribution in [3.8, 4) is 11.1 Å². The summed E-state index contributed by atoms with van der Waals surface area (Å²) in [6, 6.07) is 17.2. The van der Waals surface area contributed by atoms with Gasteiger partial charge in [-0.2, -0.15) is 0 Å². The lowest BCUT2D eigenvalue weighted by Gasteiger charge is -2.12. The molecule has 162 valence electrons. The Labute approximate surface area is 184 Å². The van der Waals surface area contributed by atoms with Crippen molar-refractivity contribution in [3.05, 3.63) is 90.6 Å². The zero-order chi connectivity index (χ0) is 22.9. The Hall–Kier alpha value is -3.98. The largest absolute Gasteiger partial charge is 0.397 e. The Bertz CT molecular complexity index is 1400. The number of imidazole rings is 1. The first-order valence-electron chi connectivity index (χ1n) is 9.58. The summed E-state index contributed by atoms with van der Waals surface area (Å²) in [5.74, 6) is -0.738. The lowest BCUT2D eigenvalue weighted by molar-refractivity contribution is 0.102. The number of hydrogen-bond donors (Lipinski definition) is 3. The molecule has 4 rings (SSSR count). The molecule has 0 radical (unpaired) electrons. The Balaban J connectivity index is 1.56. The highest BCUT2D eigenvalue weighted by Crippen LogP contribution is 2.28. The van der Waals surface area contributed by atoms with E-state index in [0.29, 0.717) is 16.9 Å². The van der Waals surface area contributed by atoms with Gasteiger partial charge >= 0.3 is 0 Å². The minimum absolute atomic E-state index is 0.274. The van der Waals surface area contributed by atoms with Crippen molar-refractivity contribution in [2.24, 2.45) is 7.05 Å². The van der Waals surface area contributed by atoms with E-state index in [1.807, 2.05) is 0 Å². The second-order valence-electron chi connectivity index (χ2n) is 7.19. The van der Waals surface area contributed by atoms with Gasteiger partial charge in [0.1, 0.15) is 20.6 Å². The molecule has 0 saturated carbocycles. The fraction of sp³-hybridized carbons (Fsp3) is 0.0435. The first-order valence-corrected chi connectivity index (χ1v) is 11.1. The molecular formula is C23H20FN5O2S. The maximum atomic E-state index is 13.2. The van der Waals surface area contributed by atoms with Crippen LogP contribution in [0.4, 0.5) is 15.8 Å². The van der Waals surface area contributed by atoms with Gasteiger partial charge in [0.15, 0.2) is 0 Å². The molecular weight excluding hydrogens is 429 g/mol. The third-order valence-corrected chi connectivity index (χ3v) is 6.91. The molecule has 1 aromatic heterocycles. The molecule has 0 aliphatic heterocycles. The number of benzene rings is 3. The predicted molar refractivity (Wildman–Crippen MR) is 121 cm³/mol. The second kappa shape index (κ2) is 8.27. The molecule has 9 heteroatoms. The zero-order valence-corrected chi connectivity index (χ0v) is 17.9. The van der Waals surface area contributed by atoms with Gasteiger partial charge in [-0.1, -0.05) is 18.2 Å². The van der Waals surface area contributed by atoms with E-state index in [9.17, 15) is 13.4 Å². The normalized spacial score (nSPS) is 12.8. The molecule has 0 aliphatic carbocycles. The average Bonchev–Trinajstić information content (AvgIpc) is 3.23. The molecule has 0 spiro atoms. The molecule has 4 aromatic rings. The predicted octanol–water partition coefficient (Wildman–Crippen LogP) is 4.53. The number of carbonyl (C=O) groups is 1. The van der Waals surface area contributed by atoms with Crippen LogP contribution in [0.2, 0.25) is 0 Å². The Morgan fingerprint density at radius 3 is 2.34 bits per heavy atom. The maximum Gasteiger partial charge on any atom is 0.255 e. The zero-order valence-electron chi connectivity index (χ0n) is 17.1. The van der Waals surface area contributed by atoms with Crippen molar-refractivity contribution in [2.75, 3.05) is 11.1 Å². The number of halogens is 1. The van der Waals surface area contributed by atoms with Gasteiger partial charge in [0.25, 0.3) is 5.91 Å². The Morgan fingerprint density at radius 2 is 1.72 bits per heavy atom. The van der Waals surface area contributed by atoms with Crippen LogP contribution in [0.25, 0.3) is 11.1 Å². The average molecular weight is 450 g/mol. The van der Waals surface area contributed by atoms with Crippen LogP contribution in [0, 0.1) is 10.6 Å². The van der Waals surface area contributed by atoms with E-state index in [2.05, 4.69) is 10.3 Å². The Kier molecular flexibility index (Phi) is 5.50. The van der Waals surface area contributed by atoms with E-state index in [-0.39, 0.29) is 15.7 Å². The van der Waals surface area contributed by atoms with Crippen LogP contribution in [0.5, 0.6) is 0 Å². The second-order valence-corrected chi connectivity index (χ2v) is 9.19. The highest BCUT2D eigenvalue weighted by Gasteiger charge is 2.18. The first-order chi connectivity index (χ1) is 15.3. The van der Waals surface area contributed by atoms with Crippen molar-refractivity contribution >= 4 is 27.0 Å². The van der Waals surface area contributed by atoms with E-state index >= 15 is 0 Å². The number of aromatic nitrogens is 2. The number of amides is 1. The van der Waals surface area contributed by atoms with Crippen molar-refractivity contribution < 1.29 is 13.4 Å². The van der Waals surface area contributed by atoms with Crippen LogP contribution in [0.1, 0.15) is 10.4 Å². The smallest absolute Gasteiger partial charge is 0.255 e. The number of nitrogen functional groups attached to an aromatic ring is 1. The van der Waals surface area contributed by atoms with Gasteiger partial charge in [0, 0.05) is 12.6 Å². The number of nitrogens with zero attached hydrogens (tertiary/aromatic N) is 2. The topological polar surface area (TPSA) is 114 Å². The van der Waals surface area contributed by atoms with Gasteiger partial charge in [-0.3, -0.25) is 4.79 Å². The fourth-order valence-corrected chi connectivity index (χ4v) is 4.64. The van der Waals surface area contributed by atoms with E-state index < -0.39 is 15.6 Å². The van der Waals surface area contributed by atoms with Crippen LogP contribution >= 0.6 is 0 Å². The van der Waals surface area contributed by atoms with Gasteiger partial charge < -0.3 is 15.6 Å². The summed E-state index contributed by atoms with van der Waals surface area (Å²) in [6.07, 6.45) is 2.88. The number of anilines is 2. The van der Waals surface area contributed by atoms with Crippen LogP contribution in [-0.2, 0) is 16.8 Å². The highest BCUT2D eigenvalue weighted by molar-refractivity contribution is 7.92. The van der Waals surface area contributed by atoms with Gasteiger partial charge in [-0.25, -0.2) is 18.4 Å². The molecule has 4 N–H and O–H groups in total. The van der Waals surface area contributed by atoms with Crippen molar-refractivity contribution in [1.82, 2.24) is 9.55 Å². The van der Waals surface area contributed by atoms with Crippen molar-refractivity contribution in [1.29, 1.82) is 4.78 Å². The molecule has 1 heterocycles. The van der Waals surface area contributed by atoms with Crippen LogP contribution in [0.3, 0.4) is 0 Å². The SMILES string of the molecule is Cn1cncc1S(=N)(=O)c1ccc(C(=O)Nc2cc(-c3ccc(F)cc3)ccc2N)cc1. The summed E-state index contributed by atoms with van der Waals surface area (Å²) in [6.45, 7) is 0. The molecule has 32 heavy (non-hydrogen) atoms. The quantitative estimate of drug-likeness (QED) is 0.389. The van der Waals surface area contributed by atoms with Crippen LogP contribution in [-0.4, -0.2) is 19.7 Å². The van der Waals surface area contributed by atoms with Gasteiger partial charge in [-0.05, 0) is 59.7 Å². The van der Waals surface area contributed by atoms with Crippen molar-refractivity contribution in [3.63, 3.8) is 0 Å². The van der Waals surface area contributed by atoms with Gasteiger partial charge in [-0.15, -0.1) is 0 Å². The third-order valence-electron chi connectivity index (χ3n) is 4.99. The summed E-state index contributed by atoms with van der Waals surface area (Å²) in [7, 11) is -1.58. The summed E-state index contributed by atoms with van der Waals surface area (Å²) >= 11 is 0. The first kappa shape index (κ1) is 21.3. The molecule has 7 nitrogen and oxygen atoms in total. The molecule has 3 aromatic carbocycles. The molecule has 0 saturated heterocycles. The highest BCUT2D eigenvalue weighted by atomic mass is 32.2. The van der Waals surface area contributed by atoms with Crippen LogP contribution < -0.4 is 11.1 Å². The number of nitrogens with two attached hydrogens (primary N) is 1. The summed E-state index contributed by atoms with van der Waals surface area (Å²) in [5.41, 5.74) is 8.70. The molecule has 0 bridgehead atoms. The van der Waals surface area contributed by atoms with Crippen molar-refractivity contribution in [2.45, 2.75) is 9.92 Å². The standard InChI is InChI=1S/C23H20FN5O2S/c1-29-14-27-13-22(29)32(26,31)19-9-4-16(5-10-19)23(30)28-21-12-17(6-11-20(21)25)15-2-7-18(24)8-3-15/h2-14,26H,25H2,1H3,(H,28,30). The minimum atomic E-state index is -3.25. The lowest BCUT2D eigenvalue weighted by atomic mass is 10.0. The number of nitrogens with one attached hydrogen (secondary N) is 2. The molecule has 1 atom stereocenters. The number of rotatable bonds is 5. The van der Waals surface area contributed by atoms with Gasteiger partial charge in [0.05, 0.1) is 28.8 Å². The molecule has 1 amide bonds. The van der Waals surface area contributed by atoms with Crippen LogP contribution in [0.15, 0.2) is 89.2 Å². The Morgan fingerprint density at radius 1 is 1.06 bits per heavy atom. The van der Waals surface area contributed by atoms with E-state index in [1.54, 1.807) is 37.4 Å². The van der Waals surface area contributed by atoms with E-state index in [1.165, 1.54) is 53.5 Å². The molecule has 0 aliphatic rings. The minimum Gasteiger partial charge on any atom is -0.397 e. The summed E-state index contributed by atoms with van der Waals surface area (Å²) in [5, 5.41) is 3.05. The van der Waals surface area contributed by atoms with Gasteiger partial charge in [0.2, 0.25) is 0 Å². The fourth-order valence-electron chi connectivity index (χ4n) is 3.22. The number of hydrogen-bond acceptors (Lipinski definition) is 5. The molecule has 1 unspecified atom stereocenters. The molecule has 0 fully saturated rings. The lowest BCUT2D eigenvalue weighted by Crippen LogP contribution is -2.13. The third kappa shape index (κ3) is 4.10. The summed E-state index contributed by atoms with van der Waals surface area (Å²) < 4.78 is 36.0. The monoisotopic (exact) mass is 449 g/mol.